The summed E-state index contributed by atoms with van der Waals surface area (Å²) in [5.41, 5.74) is 23.0. The average Bonchev–Trinajstić information content (AvgIpc) is 3.84. The van der Waals surface area contributed by atoms with Gasteiger partial charge in [-0.3, -0.25) is 0 Å². The van der Waals surface area contributed by atoms with Gasteiger partial charge < -0.3 is 4.42 Å². The van der Waals surface area contributed by atoms with Crippen molar-refractivity contribution in [3.8, 4) is 55.6 Å². The average molecular weight is 719 g/mol. The molecular weight excluding hydrogens is 677 g/mol. The van der Waals surface area contributed by atoms with Gasteiger partial charge in [0.15, 0.2) is 0 Å². The van der Waals surface area contributed by atoms with Gasteiger partial charge in [0.05, 0.1) is 0 Å². The standard InChI is InChI=1S/C55H42O/c1-53(2)44-17-11-9-14-35(44)40-25-31(20-23-46(40)53)32-19-22-37-42-28-43-48(30-51(42)56-50(37)27-32)55(5,6)49-29-39(34-13-7-8-16-38(34)52(43)49)33-21-24-47-41(26-33)36-15-10-12-18-45(36)54(47,3)4/h7-30H,1-6H3. The van der Waals surface area contributed by atoms with Crippen molar-refractivity contribution in [1.82, 2.24) is 0 Å². The van der Waals surface area contributed by atoms with Crippen LogP contribution < -0.4 is 0 Å². The van der Waals surface area contributed by atoms with Gasteiger partial charge in [0, 0.05) is 27.0 Å². The highest BCUT2D eigenvalue weighted by Gasteiger charge is 2.40. The molecule has 12 rings (SSSR count). The minimum atomic E-state index is -0.207. The van der Waals surface area contributed by atoms with Crippen LogP contribution in [0.4, 0.5) is 0 Å². The maximum absolute atomic E-state index is 6.78. The van der Waals surface area contributed by atoms with Gasteiger partial charge in [-0.1, -0.05) is 145 Å². The van der Waals surface area contributed by atoms with E-state index in [1.54, 1.807) is 0 Å². The van der Waals surface area contributed by atoms with E-state index >= 15 is 0 Å². The zero-order valence-corrected chi connectivity index (χ0v) is 32.8. The fraction of sp³-hybridized carbons (Fsp3) is 0.164. The first-order chi connectivity index (χ1) is 27.0. The van der Waals surface area contributed by atoms with Gasteiger partial charge in [-0.25, -0.2) is 0 Å². The number of furan rings is 1. The van der Waals surface area contributed by atoms with E-state index in [0.29, 0.717) is 0 Å². The summed E-state index contributed by atoms with van der Waals surface area (Å²) in [5, 5.41) is 4.94. The normalized spacial score (nSPS) is 16.1. The second-order valence-electron chi connectivity index (χ2n) is 18.1. The Morgan fingerprint density at radius 3 is 1.52 bits per heavy atom. The van der Waals surface area contributed by atoms with Gasteiger partial charge >= 0.3 is 0 Å². The van der Waals surface area contributed by atoms with Crippen LogP contribution in [0.3, 0.4) is 0 Å². The van der Waals surface area contributed by atoms with Gasteiger partial charge in [-0.2, -0.15) is 0 Å². The number of benzene rings is 8. The summed E-state index contributed by atoms with van der Waals surface area (Å²) < 4.78 is 6.78. The summed E-state index contributed by atoms with van der Waals surface area (Å²) in [6, 6.07) is 55.0. The molecule has 56 heavy (non-hydrogen) atoms. The van der Waals surface area contributed by atoms with Gasteiger partial charge in [-0.05, 0) is 142 Å². The summed E-state index contributed by atoms with van der Waals surface area (Å²) >= 11 is 0. The topological polar surface area (TPSA) is 13.1 Å². The Balaban J connectivity index is 1.000. The molecule has 3 aliphatic carbocycles. The van der Waals surface area contributed by atoms with Crippen molar-refractivity contribution in [1.29, 1.82) is 0 Å². The summed E-state index contributed by atoms with van der Waals surface area (Å²) in [6.07, 6.45) is 0. The van der Waals surface area contributed by atoms with E-state index in [4.69, 9.17) is 4.42 Å². The molecule has 0 bridgehead atoms. The van der Waals surface area contributed by atoms with Crippen molar-refractivity contribution in [2.24, 2.45) is 0 Å². The second kappa shape index (κ2) is 10.6. The molecule has 0 fully saturated rings. The molecule has 268 valence electrons. The van der Waals surface area contributed by atoms with Crippen LogP contribution in [-0.4, -0.2) is 0 Å². The Morgan fingerprint density at radius 1 is 0.304 bits per heavy atom. The maximum Gasteiger partial charge on any atom is 0.136 e. The van der Waals surface area contributed by atoms with E-state index in [1.807, 2.05) is 0 Å². The maximum atomic E-state index is 6.78. The van der Waals surface area contributed by atoms with Crippen LogP contribution >= 0.6 is 0 Å². The van der Waals surface area contributed by atoms with Gasteiger partial charge in [0.1, 0.15) is 11.2 Å². The number of rotatable bonds is 2. The lowest BCUT2D eigenvalue weighted by atomic mass is 9.79. The fourth-order valence-corrected chi connectivity index (χ4v) is 11.1. The highest BCUT2D eigenvalue weighted by molar-refractivity contribution is 6.13. The number of hydrogen-bond acceptors (Lipinski definition) is 1. The highest BCUT2D eigenvalue weighted by atomic mass is 16.3. The molecule has 1 heterocycles. The first-order valence-corrected chi connectivity index (χ1v) is 20.1. The van der Waals surface area contributed by atoms with Crippen molar-refractivity contribution >= 4 is 32.7 Å². The van der Waals surface area contributed by atoms with E-state index in [-0.39, 0.29) is 16.2 Å². The molecule has 0 saturated heterocycles. The molecule has 1 aromatic heterocycles. The molecule has 0 N–H and O–H groups in total. The quantitative estimate of drug-likeness (QED) is 0.173. The van der Waals surface area contributed by atoms with Crippen molar-refractivity contribution in [3.05, 3.63) is 179 Å². The third kappa shape index (κ3) is 4.00. The lowest BCUT2D eigenvalue weighted by Gasteiger charge is -2.23. The van der Waals surface area contributed by atoms with Crippen molar-refractivity contribution in [2.45, 2.75) is 57.8 Å². The Labute approximate surface area is 328 Å². The number of hydrogen-bond donors (Lipinski definition) is 0. The SMILES string of the molecule is CC1(C)c2ccccc2-c2cc(-c3ccc4c(c3)oc3cc5c(cc34)-c3c(cc(-c4ccc6c(c4)-c4ccccc4C6(C)C)c4ccccc34)C5(C)C)ccc21. The molecule has 0 radical (unpaired) electrons. The molecule has 1 heteroatoms. The molecule has 3 aliphatic rings. The molecular formula is C55H42O. The van der Waals surface area contributed by atoms with Crippen LogP contribution in [0.2, 0.25) is 0 Å². The molecule has 9 aromatic rings. The Hall–Kier alpha value is -6.18. The first kappa shape index (κ1) is 32.1. The third-order valence-electron chi connectivity index (χ3n) is 14.1. The zero-order chi connectivity index (χ0) is 37.9. The summed E-state index contributed by atoms with van der Waals surface area (Å²) in [5.74, 6) is 0. The van der Waals surface area contributed by atoms with E-state index in [1.165, 1.54) is 105 Å². The van der Waals surface area contributed by atoms with Gasteiger partial charge in [0.25, 0.3) is 0 Å². The molecule has 0 atom stereocenters. The third-order valence-corrected chi connectivity index (χ3v) is 14.1. The summed E-state index contributed by atoms with van der Waals surface area (Å²) in [7, 11) is 0. The second-order valence-corrected chi connectivity index (χ2v) is 18.1. The lowest BCUT2D eigenvalue weighted by molar-refractivity contribution is 0.648. The molecule has 0 saturated carbocycles. The Bertz CT molecular complexity index is 3220. The fourth-order valence-electron chi connectivity index (χ4n) is 11.1. The zero-order valence-electron chi connectivity index (χ0n) is 32.8. The summed E-state index contributed by atoms with van der Waals surface area (Å²) in [6.45, 7) is 14.2. The lowest BCUT2D eigenvalue weighted by Crippen LogP contribution is -2.15. The monoisotopic (exact) mass is 718 g/mol. The van der Waals surface area contributed by atoms with Crippen molar-refractivity contribution in [2.75, 3.05) is 0 Å². The van der Waals surface area contributed by atoms with Gasteiger partial charge in [-0.15, -0.1) is 0 Å². The Kier molecular flexibility index (Phi) is 6.05. The van der Waals surface area contributed by atoms with Crippen LogP contribution in [0, 0.1) is 0 Å². The molecule has 0 spiro atoms. The van der Waals surface area contributed by atoms with Crippen LogP contribution in [0.5, 0.6) is 0 Å². The van der Waals surface area contributed by atoms with Crippen LogP contribution in [0.1, 0.15) is 74.9 Å². The van der Waals surface area contributed by atoms with E-state index in [2.05, 4.69) is 187 Å². The van der Waals surface area contributed by atoms with Crippen LogP contribution in [-0.2, 0) is 16.2 Å². The van der Waals surface area contributed by atoms with E-state index in [0.717, 1.165) is 16.6 Å². The van der Waals surface area contributed by atoms with E-state index < -0.39 is 0 Å². The van der Waals surface area contributed by atoms with E-state index in [9.17, 15) is 0 Å². The van der Waals surface area contributed by atoms with Crippen molar-refractivity contribution < 1.29 is 4.42 Å². The molecule has 0 unspecified atom stereocenters. The first-order valence-electron chi connectivity index (χ1n) is 20.1. The molecule has 1 nitrogen and oxygen atoms in total. The largest absolute Gasteiger partial charge is 0.456 e. The number of fused-ring (bicyclic) bond motifs is 14. The minimum Gasteiger partial charge on any atom is -0.456 e. The molecule has 8 aromatic carbocycles. The summed E-state index contributed by atoms with van der Waals surface area (Å²) in [4.78, 5) is 0. The molecule has 0 amide bonds. The van der Waals surface area contributed by atoms with Crippen molar-refractivity contribution in [3.63, 3.8) is 0 Å². The van der Waals surface area contributed by atoms with Gasteiger partial charge in [0.2, 0.25) is 0 Å². The minimum absolute atomic E-state index is 0.00123. The van der Waals surface area contributed by atoms with Crippen LogP contribution in [0.25, 0.3) is 88.3 Å². The van der Waals surface area contributed by atoms with Crippen LogP contribution in [0.15, 0.2) is 150 Å². The molecule has 0 aliphatic heterocycles. The predicted octanol–water partition coefficient (Wildman–Crippen LogP) is 15.0. The predicted molar refractivity (Wildman–Crippen MR) is 235 cm³/mol. The highest BCUT2D eigenvalue weighted by Crippen LogP contribution is 2.56. The Morgan fingerprint density at radius 2 is 0.821 bits per heavy atom. The smallest absolute Gasteiger partial charge is 0.136 e.